The molecule has 7 nitrogen and oxygen atoms in total. The Balaban J connectivity index is 1.46. The number of rotatable bonds is 6. The van der Waals surface area contributed by atoms with E-state index in [2.05, 4.69) is 4.90 Å². The molecule has 156 valence electrons. The van der Waals surface area contributed by atoms with Crippen LogP contribution in [-0.4, -0.2) is 66.9 Å². The topological polar surface area (TPSA) is 90.0 Å². The normalized spacial score (nSPS) is 21.6. The standard InChI is InChI=1S/C20H23NO6S2/c22-28(23)15-20(18-3-1-2-4-19(18)28)29(24,25)17-7-5-16(6-8-17)27-14-11-21-9-12-26-13-10-21/h1-8,20H,9-15H2. The molecule has 0 aromatic heterocycles. The summed E-state index contributed by atoms with van der Waals surface area (Å²) < 4.78 is 61.9. The summed E-state index contributed by atoms with van der Waals surface area (Å²) in [5, 5.41) is -1.09. The van der Waals surface area contributed by atoms with Gasteiger partial charge in [0.15, 0.2) is 19.7 Å². The van der Waals surface area contributed by atoms with E-state index in [1.54, 1.807) is 30.3 Å². The molecule has 29 heavy (non-hydrogen) atoms. The molecule has 1 atom stereocenters. The lowest BCUT2D eigenvalue weighted by Crippen LogP contribution is -2.38. The maximum Gasteiger partial charge on any atom is 0.186 e. The molecule has 4 rings (SSSR count). The Hall–Kier alpha value is -1.94. The molecule has 1 unspecified atom stereocenters. The predicted octanol–water partition coefficient (Wildman–Crippen LogP) is 1.70. The molecule has 1 saturated heterocycles. The minimum atomic E-state index is -3.83. The number of nitrogens with zero attached hydrogens (tertiary/aromatic N) is 1. The van der Waals surface area contributed by atoms with Crippen LogP contribution in [0.25, 0.3) is 0 Å². The minimum absolute atomic E-state index is 0.0925. The fourth-order valence-electron chi connectivity index (χ4n) is 3.67. The molecule has 0 bridgehead atoms. The predicted molar refractivity (Wildman–Crippen MR) is 108 cm³/mol. The van der Waals surface area contributed by atoms with Crippen molar-refractivity contribution in [2.45, 2.75) is 15.0 Å². The first-order chi connectivity index (χ1) is 13.9. The van der Waals surface area contributed by atoms with E-state index in [-0.39, 0.29) is 9.79 Å². The van der Waals surface area contributed by atoms with E-state index in [1.807, 2.05) is 0 Å². The number of morpholine rings is 1. The number of hydrogen-bond donors (Lipinski definition) is 0. The van der Waals surface area contributed by atoms with Gasteiger partial charge in [-0.15, -0.1) is 0 Å². The molecule has 9 heteroatoms. The van der Waals surface area contributed by atoms with Crippen LogP contribution in [0.5, 0.6) is 5.75 Å². The van der Waals surface area contributed by atoms with Crippen LogP contribution < -0.4 is 4.74 Å². The molecule has 2 aliphatic rings. The van der Waals surface area contributed by atoms with Crippen molar-refractivity contribution in [3.63, 3.8) is 0 Å². The summed E-state index contributed by atoms with van der Waals surface area (Å²) in [5.41, 5.74) is 0.346. The summed E-state index contributed by atoms with van der Waals surface area (Å²) in [4.78, 5) is 2.45. The Morgan fingerprint density at radius 2 is 1.72 bits per heavy atom. The Bertz CT molecular complexity index is 1070. The van der Waals surface area contributed by atoms with E-state index in [9.17, 15) is 16.8 Å². The van der Waals surface area contributed by atoms with Gasteiger partial charge in [0.05, 0.1) is 28.8 Å². The molecule has 0 spiro atoms. The van der Waals surface area contributed by atoms with Gasteiger partial charge in [0.25, 0.3) is 0 Å². The molecule has 2 heterocycles. The van der Waals surface area contributed by atoms with Crippen molar-refractivity contribution in [1.82, 2.24) is 4.90 Å². The van der Waals surface area contributed by atoms with Crippen LogP contribution in [0.4, 0.5) is 0 Å². The zero-order valence-corrected chi connectivity index (χ0v) is 17.5. The van der Waals surface area contributed by atoms with Gasteiger partial charge in [0.1, 0.15) is 17.6 Å². The van der Waals surface area contributed by atoms with Crippen molar-refractivity contribution in [2.24, 2.45) is 0 Å². The SMILES string of the molecule is O=S1(=O)CC(S(=O)(=O)c2ccc(OCCN3CCOCC3)cc2)c2ccccc21. The number of fused-ring (bicyclic) bond motifs is 1. The second-order valence-electron chi connectivity index (χ2n) is 7.13. The summed E-state index contributed by atoms with van der Waals surface area (Å²) in [6.45, 7) is 4.50. The fourth-order valence-corrected chi connectivity index (χ4v) is 8.00. The Morgan fingerprint density at radius 1 is 1.03 bits per heavy atom. The maximum absolute atomic E-state index is 13.1. The van der Waals surface area contributed by atoms with Crippen molar-refractivity contribution in [3.05, 3.63) is 54.1 Å². The van der Waals surface area contributed by atoms with Crippen LogP contribution in [0.15, 0.2) is 58.3 Å². The molecule has 0 amide bonds. The van der Waals surface area contributed by atoms with Gasteiger partial charge in [-0.1, -0.05) is 18.2 Å². The molecule has 2 aromatic rings. The molecule has 0 aliphatic carbocycles. The van der Waals surface area contributed by atoms with Crippen molar-refractivity contribution >= 4 is 19.7 Å². The van der Waals surface area contributed by atoms with Crippen molar-refractivity contribution in [2.75, 3.05) is 45.2 Å². The quantitative estimate of drug-likeness (QED) is 0.679. The smallest absolute Gasteiger partial charge is 0.186 e. The lowest BCUT2D eigenvalue weighted by Gasteiger charge is -2.26. The molecular formula is C20H23NO6S2. The molecule has 1 fully saturated rings. The lowest BCUT2D eigenvalue weighted by atomic mass is 10.2. The summed E-state index contributed by atoms with van der Waals surface area (Å²) in [6, 6.07) is 12.5. The average Bonchev–Trinajstić information content (AvgIpc) is 3.01. The van der Waals surface area contributed by atoms with Crippen LogP contribution in [0, 0.1) is 0 Å². The van der Waals surface area contributed by atoms with Crippen molar-refractivity contribution < 1.29 is 26.3 Å². The van der Waals surface area contributed by atoms with Crippen molar-refractivity contribution in [1.29, 1.82) is 0 Å². The fraction of sp³-hybridized carbons (Fsp3) is 0.400. The van der Waals surface area contributed by atoms with E-state index in [1.165, 1.54) is 18.2 Å². The first-order valence-corrected chi connectivity index (χ1v) is 12.7. The minimum Gasteiger partial charge on any atom is -0.492 e. The largest absolute Gasteiger partial charge is 0.492 e. The van der Waals surface area contributed by atoms with Gasteiger partial charge < -0.3 is 9.47 Å². The molecule has 2 aliphatic heterocycles. The molecule has 2 aromatic carbocycles. The van der Waals surface area contributed by atoms with Crippen molar-refractivity contribution in [3.8, 4) is 5.75 Å². The Labute approximate surface area is 171 Å². The summed E-state index contributed by atoms with van der Waals surface area (Å²) >= 11 is 0. The monoisotopic (exact) mass is 437 g/mol. The number of benzene rings is 2. The average molecular weight is 438 g/mol. The third kappa shape index (κ3) is 4.18. The summed E-state index contributed by atoms with van der Waals surface area (Å²) in [7, 11) is -7.43. The first-order valence-electron chi connectivity index (χ1n) is 9.46. The van der Waals surface area contributed by atoms with Gasteiger partial charge in [-0.2, -0.15) is 0 Å². The van der Waals surface area contributed by atoms with Crippen LogP contribution in [0.3, 0.4) is 0 Å². The second-order valence-corrected chi connectivity index (χ2v) is 11.3. The highest BCUT2D eigenvalue weighted by molar-refractivity contribution is 7.96. The van der Waals surface area contributed by atoms with Gasteiger partial charge in [0.2, 0.25) is 0 Å². The van der Waals surface area contributed by atoms with Gasteiger partial charge in [-0.25, -0.2) is 16.8 Å². The van der Waals surface area contributed by atoms with Crippen LogP contribution in [0.2, 0.25) is 0 Å². The van der Waals surface area contributed by atoms with E-state index < -0.39 is 30.7 Å². The van der Waals surface area contributed by atoms with Crippen LogP contribution >= 0.6 is 0 Å². The lowest BCUT2D eigenvalue weighted by molar-refractivity contribution is 0.0322. The first kappa shape index (κ1) is 20.3. The highest BCUT2D eigenvalue weighted by atomic mass is 32.2. The molecule has 0 radical (unpaired) electrons. The van der Waals surface area contributed by atoms with Crippen LogP contribution in [-0.2, 0) is 24.4 Å². The van der Waals surface area contributed by atoms with Crippen LogP contribution in [0.1, 0.15) is 10.8 Å². The van der Waals surface area contributed by atoms with Gasteiger partial charge in [-0.3, -0.25) is 4.90 Å². The zero-order chi connectivity index (χ0) is 20.5. The third-order valence-corrected chi connectivity index (χ3v) is 9.40. The van der Waals surface area contributed by atoms with Gasteiger partial charge in [0, 0.05) is 19.6 Å². The highest BCUT2D eigenvalue weighted by Crippen LogP contribution is 2.41. The number of hydrogen-bond acceptors (Lipinski definition) is 7. The van der Waals surface area contributed by atoms with E-state index >= 15 is 0 Å². The van der Waals surface area contributed by atoms with Gasteiger partial charge >= 0.3 is 0 Å². The zero-order valence-electron chi connectivity index (χ0n) is 15.9. The molecule has 0 saturated carbocycles. The van der Waals surface area contributed by atoms with E-state index in [4.69, 9.17) is 9.47 Å². The second kappa shape index (κ2) is 8.06. The van der Waals surface area contributed by atoms with Gasteiger partial charge in [-0.05, 0) is 35.9 Å². The molecule has 0 N–H and O–H groups in total. The number of ether oxygens (including phenoxy) is 2. The van der Waals surface area contributed by atoms with E-state index in [0.717, 1.165) is 32.8 Å². The Kier molecular flexibility index (Phi) is 5.65. The maximum atomic E-state index is 13.1. The Morgan fingerprint density at radius 3 is 2.45 bits per heavy atom. The number of sulfone groups is 2. The highest BCUT2D eigenvalue weighted by Gasteiger charge is 2.42. The summed E-state index contributed by atoms with van der Waals surface area (Å²) in [5.74, 6) is 0.156. The summed E-state index contributed by atoms with van der Waals surface area (Å²) in [6.07, 6.45) is 0. The third-order valence-electron chi connectivity index (χ3n) is 5.28. The molecular weight excluding hydrogens is 414 g/mol. The van der Waals surface area contributed by atoms with E-state index in [0.29, 0.717) is 17.9 Å².